The van der Waals surface area contributed by atoms with E-state index in [1.165, 1.54) is 0 Å². The average Bonchev–Trinajstić information content (AvgIpc) is 2.93. The smallest absolute Gasteiger partial charge is 0.178 e. The molecule has 7 heteroatoms. The van der Waals surface area contributed by atoms with Crippen LogP contribution in [0.25, 0.3) is 22.5 Å². The van der Waals surface area contributed by atoms with E-state index in [4.69, 9.17) is 21.9 Å². The summed E-state index contributed by atoms with van der Waals surface area (Å²) >= 11 is 14.5. The first-order valence-electron chi connectivity index (χ1n) is 5.52. The monoisotopic (exact) mass is 432 g/mol. The molecular weight excluding hydrogens is 427 g/mol. The molecule has 0 aliphatic rings. The number of benzene rings is 1. The molecule has 0 aliphatic carbocycles. The summed E-state index contributed by atoms with van der Waals surface area (Å²) in [7, 11) is 0. The molecule has 0 fully saturated rings. The van der Waals surface area contributed by atoms with Crippen molar-refractivity contribution in [3.05, 3.63) is 42.9 Å². The number of nitrogen functional groups attached to an aromatic ring is 1. The van der Waals surface area contributed by atoms with E-state index >= 15 is 0 Å². The number of hydrogen-bond acceptors (Lipinski definition) is 4. The van der Waals surface area contributed by atoms with Crippen LogP contribution in [0.15, 0.2) is 42.4 Å². The highest BCUT2D eigenvalue weighted by molar-refractivity contribution is 9.12. The van der Waals surface area contributed by atoms with Crippen molar-refractivity contribution in [2.75, 3.05) is 5.73 Å². The summed E-state index contributed by atoms with van der Waals surface area (Å²) in [6.07, 6.45) is 0. The highest BCUT2D eigenvalue weighted by Crippen LogP contribution is 2.44. The first-order valence-corrected chi connectivity index (χ1v) is 8.30. The van der Waals surface area contributed by atoms with Crippen LogP contribution in [-0.2, 0) is 0 Å². The molecule has 0 radical (unpaired) electrons. The summed E-state index contributed by atoms with van der Waals surface area (Å²) < 4.78 is 7.36. The summed E-state index contributed by atoms with van der Waals surface area (Å²) in [5.74, 6) is 0.996. The molecule has 102 valence electrons. The zero-order valence-corrected chi connectivity index (χ0v) is 14.6. The minimum absolute atomic E-state index is 0.358. The van der Waals surface area contributed by atoms with Gasteiger partial charge in [0.1, 0.15) is 0 Å². The van der Waals surface area contributed by atoms with E-state index in [0.717, 1.165) is 24.3 Å². The van der Waals surface area contributed by atoms with Gasteiger partial charge in [-0.2, -0.15) is 0 Å². The fourth-order valence-electron chi connectivity index (χ4n) is 1.88. The molecule has 20 heavy (non-hydrogen) atoms. The molecule has 0 saturated heterocycles. The number of nitrogens with zero attached hydrogens (tertiary/aromatic N) is 1. The minimum Gasteiger partial charge on any atom is -0.380 e. The van der Waals surface area contributed by atoms with Crippen LogP contribution in [-0.4, -0.2) is 5.16 Å². The topological polar surface area (TPSA) is 52.0 Å². The Morgan fingerprint density at radius 2 is 1.90 bits per heavy atom. The molecule has 0 unspecified atom stereocenters. The lowest BCUT2D eigenvalue weighted by Crippen LogP contribution is -1.88. The van der Waals surface area contributed by atoms with Gasteiger partial charge in [-0.05, 0) is 55.6 Å². The van der Waals surface area contributed by atoms with E-state index in [2.05, 4.69) is 37.0 Å². The van der Waals surface area contributed by atoms with E-state index in [0.29, 0.717) is 16.6 Å². The van der Waals surface area contributed by atoms with Crippen LogP contribution >= 0.6 is 54.8 Å². The maximum absolute atomic E-state index is 5.94. The quantitative estimate of drug-likeness (QED) is 0.552. The normalized spacial score (nSPS) is 10.9. The Kier molecular flexibility index (Phi) is 3.90. The van der Waals surface area contributed by atoms with Gasteiger partial charge in [0.05, 0.1) is 13.1 Å². The summed E-state index contributed by atoms with van der Waals surface area (Å²) in [6, 6.07) is 9.37. The SMILES string of the molecule is Nc1noc(-c2cc(Br)sc2Br)c1-c1ccc(Cl)cc1. The summed E-state index contributed by atoms with van der Waals surface area (Å²) in [6.45, 7) is 0. The number of halogens is 3. The van der Waals surface area contributed by atoms with Crippen LogP contribution in [0.4, 0.5) is 5.82 Å². The van der Waals surface area contributed by atoms with Crippen LogP contribution < -0.4 is 5.73 Å². The molecule has 2 aromatic heterocycles. The van der Waals surface area contributed by atoms with Gasteiger partial charge in [0, 0.05) is 10.6 Å². The molecule has 3 nitrogen and oxygen atoms in total. The molecule has 3 rings (SSSR count). The van der Waals surface area contributed by atoms with Gasteiger partial charge in [0.15, 0.2) is 11.6 Å². The molecule has 2 heterocycles. The zero-order valence-electron chi connectivity index (χ0n) is 9.86. The summed E-state index contributed by atoms with van der Waals surface area (Å²) in [5.41, 5.74) is 8.54. The third-order valence-electron chi connectivity index (χ3n) is 2.75. The first kappa shape index (κ1) is 14.1. The zero-order chi connectivity index (χ0) is 14.3. The predicted octanol–water partition coefficient (Wildman–Crippen LogP) is 5.83. The molecule has 3 aromatic rings. The molecule has 0 atom stereocenters. The van der Waals surface area contributed by atoms with Crippen molar-refractivity contribution in [2.45, 2.75) is 0 Å². The van der Waals surface area contributed by atoms with E-state index in [-0.39, 0.29) is 0 Å². The van der Waals surface area contributed by atoms with Crippen LogP contribution in [0.2, 0.25) is 5.02 Å². The van der Waals surface area contributed by atoms with Crippen LogP contribution in [0.3, 0.4) is 0 Å². The van der Waals surface area contributed by atoms with Crippen molar-refractivity contribution < 1.29 is 4.52 Å². The number of aromatic nitrogens is 1. The maximum Gasteiger partial charge on any atom is 0.178 e. The lowest BCUT2D eigenvalue weighted by molar-refractivity contribution is 0.436. The lowest BCUT2D eigenvalue weighted by Gasteiger charge is -2.02. The average molecular weight is 435 g/mol. The highest BCUT2D eigenvalue weighted by Gasteiger charge is 2.21. The Hall–Kier alpha value is -0.820. The second-order valence-corrected chi connectivity index (χ2v) is 8.20. The number of rotatable bonds is 2. The number of thiophene rings is 1. The predicted molar refractivity (Wildman–Crippen MR) is 90.1 cm³/mol. The minimum atomic E-state index is 0.358. The van der Waals surface area contributed by atoms with Gasteiger partial charge in [-0.25, -0.2) is 0 Å². The van der Waals surface area contributed by atoms with Crippen LogP contribution in [0.5, 0.6) is 0 Å². The molecule has 2 N–H and O–H groups in total. The molecule has 0 saturated carbocycles. The number of hydrogen-bond donors (Lipinski definition) is 1. The standard InChI is InChI=1S/C13H7Br2ClN2OS/c14-9-5-8(12(15)20-9)11-10(13(17)18-19-11)6-1-3-7(16)4-2-6/h1-5H,(H2,17,18). The van der Waals surface area contributed by atoms with Gasteiger partial charge in [-0.3, -0.25) is 0 Å². The Labute approximate surface area is 141 Å². The molecule has 0 spiro atoms. The van der Waals surface area contributed by atoms with Crippen molar-refractivity contribution in [2.24, 2.45) is 0 Å². The summed E-state index contributed by atoms with van der Waals surface area (Å²) in [4.78, 5) is 0. The highest BCUT2D eigenvalue weighted by atomic mass is 79.9. The maximum atomic E-state index is 5.94. The van der Waals surface area contributed by atoms with E-state index in [1.54, 1.807) is 11.3 Å². The van der Waals surface area contributed by atoms with E-state index < -0.39 is 0 Å². The Balaban J connectivity index is 2.19. The van der Waals surface area contributed by atoms with Gasteiger partial charge < -0.3 is 10.3 Å². The van der Waals surface area contributed by atoms with Crippen molar-refractivity contribution in [1.29, 1.82) is 0 Å². The van der Waals surface area contributed by atoms with Gasteiger partial charge in [0.2, 0.25) is 0 Å². The van der Waals surface area contributed by atoms with Gasteiger partial charge in [-0.1, -0.05) is 28.9 Å². The fourth-order valence-corrected chi connectivity index (χ4v) is 4.80. The third kappa shape index (κ3) is 2.53. The largest absolute Gasteiger partial charge is 0.380 e. The van der Waals surface area contributed by atoms with Crippen molar-refractivity contribution >= 4 is 60.6 Å². The van der Waals surface area contributed by atoms with Gasteiger partial charge in [-0.15, -0.1) is 11.3 Å². The van der Waals surface area contributed by atoms with Crippen LogP contribution in [0, 0.1) is 0 Å². The number of anilines is 1. The van der Waals surface area contributed by atoms with Crippen molar-refractivity contribution in [3.8, 4) is 22.5 Å². The first-order chi connectivity index (χ1) is 9.56. The number of nitrogens with two attached hydrogens (primary N) is 1. The third-order valence-corrected chi connectivity index (χ3v) is 5.34. The summed E-state index contributed by atoms with van der Waals surface area (Å²) in [5, 5.41) is 4.55. The molecule has 0 amide bonds. The second-order valence-electron chi connectivity index (χ2n) is 4.02. The lowest BCUT2D eigenvalue weighted by atomic mass is 10.0. The van der Waals surface area contributed by atoms with Gasteiger partial charge >= 0.3 is 0 Å². The van der Waals surface area contributed by atoms with E-state index in [9.17, 15) is 0 Å². The Morgan fingerprint density at radius 1 is 1.20 bits per heavy atom. The van der Waals surface area contributed by atoms with Gasteiger partial charge in [0.25, 0.3) is 0 Å². The Bertz CT molecular complexity index is 767. The molecule has 0 bridgehead atoms. The van der Waals surface area contributed by atoms with Crippen molar-refractivity contribution in [1.82, 2.24) is 5.16 Å². The Morgan fingerprint density at radius 3 is 2.50 bits per heavy atom. The fraction of sp³-hybridized carbons (Fsp3) is 0. The van der Waals surface area contributed by atoms with Crippen molar-refractivity contribution in [3.63, 3.8) is 0 Å². The second kappa shape index (κ2) is 5.52. The van der Waals surface area contributed by atoms with E-state index in [1.807, 2.05) is 30.3 Å². The molecule has 1 aromatic carbocycles. The molecular formula is C13H7Br2ClN2OS. The van der Waals surface area contributed by atoms with Crippen LogP contribution in [0.1, 0.15) is 0 Å². The molecule has 0 aliphatic heterocycles.